The van der Waals surface area contributed by atoms with Crippen LogP contribution in [0.2, 0.25) is 0 Å². The number of fused-ring (bicyclic) bond motifs is 3. The summed E-state index contributed by atoms with van der Waals surface area (Å²) in [7, 11) is -2.34. The number of benzene rings is 1. The Labute approximate surface area is 293 Å². The number of aromatic nitrogens is 1. The lowest BCUT2D eigenvalue weighted by Gasteiger charge is -2.27. The van der Waals surface area contributed by atoms with Crippen molar-refractivity contribution in [3.05, 3.63) is 35.9 Å². The van der Waals surface area contributed by atoms with Crippen LogP contribution in [0.5, 0.6) is 17.4 Å². The Balaban J connectivity index is 1.31. The molecule has 5 atom stereocenters. The highest BCUT2D eigenvalue weighted by Gasteiger charge is 2.63. The summed E-state index contributed by atoms with van der Waals surface area (Å²) >= 11 is 0. The molecule has 6 rings (SSSR count). The smallest absolute Gasteiger partial charge is 0.281 e. The van der Waals surface area contributed by atoms with Crippen LogP contribution in [0, 0.1) is 12.8 Å². The van der Waals surface area contributed by atoms with Gasteiger partial charge in [0.25, 0.3) is 11.8 Å². The molecule has 2 aromatic rings. The van der Waals surface area contributed by atoms with E-state index in [-0.39, 0.29) is 37.3 Å². The zero-order chi connectivity index (χ0) is 36.0. The molecule has 0 bridgehead atoms. The molecule has 14 heteroatoms. The number of carbonyl (C=O) groups is 3. The summed E-state index contributed by atoms with van der Waals surface area (Å²) in [5.41, 5.74) is 4.17. The maximum atomic E-state index is 14.2. The molecule has 2 saturated carbocycles. The molecule has 0 spiro atoms. The normalized spacial score (nSPS) is 28.8. The lowest BCUT2D eigenvalue weighted by atomic mass is 10.1. The van der Waals surface area contributed by atoms with E-state index in [1.165, 1.54) is 4.90 Å². The third-order valence-electron chi connectivity index (χ3n) is 10.6. The number of methoxy groups -OCH3 is 1. The summed E-state index contributed by atoms with van der Waals surface area (Å²) < 4.78 is 45.5. The van der Waals surface area contributed by atoms with E-state index in [0.29, 0.717) is 42.2 Å². The van der Waals surface area contributed by atoms with Crippen molar-refractivity contribution in [1.82, 2.24) is 19.9 Å². The van der Waals surface area contributed by atoms with Gasteiger partial charge in [0.05, 0.1) is 30.0 Å². The molecule has 4 aliphatic rings. The molecule has 3 amide bonds. The number of hydrogen-bond acceptors (Lipinski definition) is 9. The van der Waals surface area contributed by atoms with E-state index in [0.717, 1.165) is 36.6 Å². The second-order valence-corrected chi connectivity index (χ2v) is 17.0. The summed E-state index contributed by atoms with van der Waals surface area (Å²) in [5.74, 6) is -0.388. The highest BCUT2D eigenvalue weighted by molar-refractivity contribution is 7.91. The third kappa shape index (κ3) is 7.01. The monoisotopic (exact) mass is 712 g/mol. The molecule has 3 heterocycles. The van der Waals surface area contributed by atoms with E-state index >= 15 is 0 Å². The maximum absolute atomic E-state index is 14.2. The SMILES string of the molecule is COc1ccc2c(O[C@@H]3C[C@H]4C(=O)N[C@]5(C(=O)NS(=O)(=O)C6(C)CC6)C[C@H]5/C=C\CCCCC[C@H]([NH3+])C(=O)N4C3)cc(OC(C)C)nc2c1C. The highest BCUT2D eigenvalue weighted by Crippen LogP contribution is 2.47. The highest BCUT2D eigenvalue weighted by atomic mass is 32.2. The number of nitrogens with zero attached hydrogens (tertiary/aromatic N) is 2. The van der Waals surface area contributed by atoms with E-state index in [9.17, 15) is 22.8 Å². The number of ether oxygens (including phenoxy) is 3. The molecule has 1 aromatic carbocycles. The van der Waals surface area contributed by atoms with E-state index in [1.807, 2.05) is 45.1 Å². The molecule has 272 valence electrons. The van der Waals surface area contributed by atoms with Gasteiger partial charge in [0.2, 0.25) is 21.8 Å². The van der Waals surface area contributed by atoms with Gasteiger partial charge in [-0.05, 0) is 78.4 Å². The molecule has 5 N–H and O–H groups in total. The van der Waals surface area contributed by atoms with Gasteiger partial charge < -0.3 is 30.2 Å². The van der Waals surface area contributed by atoms with Crippen LogP contribution in [-0.4, -0.2) is 84.3 Å². The summed E-state index contributed by atoms with van der Waals surface area (Å²) in [6, 6.07) is 3.89. The van der Waals surface area contributed by atoms with Crippen molar-refractivity contribution in [3.63, 3.8) is 0 Å². The number of rotatable bonds is 8. The molecule has 2 aliphatic heterocycles. The topological polar surface area (TPSA) is 181 Å². The Kier molecular flexibility index (Phi) is 9.81. The Morgan fingerprint density at radius 3 is 2.62 bits per heavy atom. The first-order valence-corrected chi connectivity index (χ1v) is 19.2. The number of nitrogens with one attached hydrogen (secondary N) is 2. The minimum atomic E-state index is -3.93. The molecule has 2 aliphatic carbocycles. The van der Waals surface area contributed by atoms with Crippen LogP contribution in [0.25, 0.3) is 10.9 Å². The first kappa shape index (κ1) is 35.9. The molecule has 1 aromatic heterocycles. The summed E-state index contributed by atoms with van der Waals surface area (Å²) in [6.45, 7) is 7.45. The van der Waals surface area contributed by atoms with Gasteiger partial charge in [-0.3, -0.25) is 19.1 Å². The van der Waals surface area contributed by atoms with Crippen molar-refractivity contribution in [1.29, 1.82) is 0 Å². The van der Waals surface area contributed by atoms with Crippen LogP contribution in [0.4, 0.5) is 0 Å². The lowest BCUT2D eigenvalue weighted by molar-refractivity contribution is -0.407. The largest absolute Gasteiger partial charge is 0.496 e. The average Bonchev–Trinajstić information content (AvgIpc) is 3.94. The summed E-state index contributed by atoms with van der Waals surface area (Å²) in [6.07, 6.45) is 8.49. The predicted molar refractivity (Wildman–Crippen MR) is 186 cm³/mol. The van der Waals surface area contributed by atoms with Gasteiger partial charge in [-0.25, -0.2) is 13.4 Å². The third-order valence-corrected chi connectivity index (χ3v) is 12.7. The van der Waals surface area contributed by atoms with Crippen molar-refractivity contribution in [2.75, 3.05) is 13.7 Å². The molecule has 3 fully saturated rings. The standard InChI is InChI=1S/C36H49N5O8S/c1-21(2)48-30-18-29(25-13-14-28(47-5)22(3)31(25)38-30)49-24-17-27-32(42)39-36(34(44)40-50(45,46)35(4)15-16-35)19-23(36)11-9-7-6-8-10-12-26(37)33(43)41(27)20-24/h9,11,13-14,18,21,23-24,26-27H,6-8,10,12,15-17,19-20,37H2,1-5H3,(H,39,42)(H,40,44)/p+1/b11-9-/t23-,24-,26+,27+,36-/m1/s1. The summed E-state index contributed by atoms with van der Waals surface area (Å²) in [5, 5.41) is 3.65. The Hall–Kier alpha value is -3.91. The molecular formula is C36H50N5O8S+. The van der Waals surface area contributed by atoms with Crippen molar-refractivity contribution >= 4 is 38.6 Å². The Bertz CT molecular complexity index is 1810. The van der Waals surface area contributed by atoms with Gasteiger partial charge in [0, 0.05) is 35.8 Å². The minimum Gasteiger partial charge on any atom is -0.496 e. The molecule has 50 heavy (non-hydrogen) atoms. The first-order chi connectivity index (χ1) is 23.7. The van der Waals surface area contributed by atoms with Crippen molar-refractivity contribution in [2.24, 2.45) is 5.92 Å². The minimum absolute atomic E-state index is 0.123. The number of allylic oxidation sites excluding steroid dienone is 1. The number of pyridine rings is 1. The average molecular weight is 713 g/mol. The fourth-order valence-corrected chi connectivity index (χ4v) is 8.36. The van der Waals surface area contributed by atoms with Gasteiger partial charge in [0.15, 0.2) is 6.04 Å². The van der Waals surface area contributed by atoms with E-state index in [1.54, 1.807) is 20.1 Å². The molecule has 13 nitrogen and oxygen atoms in total. The van der Waals surface area contributed by atoms with Crippen LogP contribution >= 0.6 is 0 Å². The number of carbonyl (C=O) groups excluding carboxylic acids is 3. The predicted octanol–water partition coefficient (Wildman–Crippen LogP) is 2.69. The van der Waals surface area contributed by atoms with Gasteiger partial charge in [0.1, 0.15) is 29.2 Å². The van der Waals surface area contributed by atoms with Crippen molar-refractivity contribution in [3.8, 4) is 17.4 Å². The zero-order valence-electron chi connectivity index (χ0n) is 29.6. The van der Waals surface area contributed by atoms with Gasteiger partial charge >= 0.3 is 0 Å². The number of amides is 3. The van der Waals surface area contributed by atoms with Crippen molar-refractivity contribution in [2.45, 2.75) is 120 Å². The number of hydrogen-bond donors (Lipinski definition) is 3. The van der Waals surface area contributed by atoms with Crippen LogP contribution < -0.4 is 30.0 Å². The van der Waals surface area contributed by atoms with E-state index < -0.39 is 50.3 Å². The Morgan fingerprint density at radius 2 is 1.92 bits per heavy atom. The van der Waals surface area contributed by atoms with Gasteiger partial charge in [-0.2, -0.15) is 0 Å². The first-order valence-electron chi connectivity index (χ1n) is 17.7. The fraction of sp³-hybridized carbons (Fsp3) is 0.611. The fourth-order valence-electron chi connectivity index (χ4n) is 7.05. The number of quaternary nitrogens is 1. The summed E-state index contributed by atoms with van der Waals surface area (Å²) in [4.78, 5) is 48.1. The van der Waals surface area contributed by atoms with E-state index in [4.69, 9.17) is 19.2 Å². The number of sulfonamides is 1. The van der Waals surface area contributed by atoms with Crippen LogP contribution in [0.3, 0.4) is 0 Å². The van der Waals surface area contributed by atoms with Crippen LogP contribution in [0.15, 0.2) is 30.4 Å². The molecule has 0 radical (unpaired) electrons. The van der Waals surface area contributed by atoms with Crippen LogP contribution in [0.1, 0.15) is 84.1 Å². The quantitative estimate of drug-likeness (QED) is 0.347. The lowest BCUT2D eigenvalue weighted by Crippen LogP contribution is -2.69. The van der Waals surface area contributed by atoms with Crippen LogP contribution in [-0.2, 0) is 24.4 Å². The molecule has 1 saturated heterocycles. The second kappa shape index (κ2) is 13.7. The molecule has 0 unspecified atom stereocenters. The Morgan fingerprint density at radius 1 is 1.16 bits per heavy atom. The second-order valence-electron chi connectivity index (χ2n) is 14.8. The number of aryl methyl sites for hydroxylation is 1. The van der Waals surface area contributed by atoms with E-state index in [2.05, 4.69) is 15.8 Å². The molecular weight excluding hydrogens is 662 g/mol. The van der Waals surface area contributed by atoms with Crippen molar-refractivity contribution < 1.29 is 42.7 Å². The van der Waals surface area contributed by atoms with Gasteiger partial charge in [-0.15, -0.1) is 0 Å². The zero-order valence-corrected chi connectivity index (χ0v) is 30.4. The maximum Gasteiger partial charge on any atom is 0.281 e. The van der Waals surface area contributed by atoms with Gasteiger partial charge in [-0.1, -0.05) is 18.6 Å².